The second-order valence-corrected chi connectivity index (χ2v) is 18.3. The normalized spacial score (nSPS) is 26.4. The summed E-state index contributed by atoms with van der Waals surface area (Å²) >= 11 is 0. The van der Waals surface area contributed by atoms with Gasteiger partial charge in [0, 0.05) is 71.1 Å². The third kappa shape index (κ3) is 8.14. The van der Waals surface area contributed by atoms with Gasteiger partial charge in [0.25, 0.3) is 0 Å². The summed E-state index contributed by atoms with van der Waals surface area (Å²) in [7, 11) is -3.32. The molecule has 1 spiro atoms. The number of hydrogen-bond donors (Lipinski definition) is 1. The smallest absolute Gasteiger partial charge is 0.241 e. The van der Waals surface area contributed by atoms with Gasteiger partial charge in [-0.05, 0) is 68.2 Å². The van der Waals surface area contributed by atoms with Crippen molar-refractivity contribution in [3.05, 3.63) is 29.8 Å². The average Bonchev–Trinajstić information content (AvgIpc) is 3.54. The molecule has 0 radical (unpaired) electrons. The maximum absolute atomic E-state index is 14.3. The van der Waals surface area contributed by atoms with Crippen molar-refractivity contribution in [2.75, 3.05) is 58.6 Å². The Morgan fingerprint density at radius 1 is 0.878 bits per heavy atom. The molecule has 6 saturated heterocycles. The van der Waals surface area contributed by atoms with Gasteiger partial charge in [-0.25, -0.2) is 8.42 Å². The first-order valence-electron chi connectivity index (χ1n) is 18.1. The summed E-state index contributed by atoms with van der Waals surface area (Å²) in [5, 5.41) is 3.41. The Balaban J connectivity index is 1.26. The van der Waals surface area contributed by atoms with E-state index in [1.807, 2.05) is 9.80 Å². The molecule has 0 aliphatic carbocycles. The highest BCUT2D eigenvalue weighted by Crippen LogP contribution is 2.33. The number of benzene rings is 1. The van der Waals surface area contributed by atoms with Gasteiger partial charge in [0.05, 0.1) is 22.9 Å². The molecule has 1 N–H and O–H groups in total. The molecular formula is C36H54N6O6S. The van der Waals surface area contributed by atoms with Gasteiger partial charge in [-0.15, -0.1) is 0 Å². The van der Waals surface area contributed by atoms with Gasteiger partial charge in [0.1, 0.15) is 6.04 Å². The van der Waals surface area contributed by atoms with Crippen molar-refractivity contribution in [2.24, 2.45) is 5.41 Å². The van der Waals surface area contributed by atoms with Crippen molar-refractivity contribution < 1.29 is 27.6 Å². The van der Waals surface area contributed by atoms with E-state index in [0.717, 1.165) is 37.8 Å². The lowest BCUT2D eigenvalue weighted by molar-refractivity contribution is -0.145. The Morgan fingerprint density at radius 3 is 2.18 bits per heavy atom. The summed E-state index contributed by atoms with van der Waals surface area (Å²) in [5.74, 6) is 0.0272. The van der Waals surface area contributed by atoms with Gasteiger partial charge in [0.2, 0.25) is 23.6 Å². The summed E-state index contributed by atoms with van der Waals surface area (Å²) in [4.78, 5) is 66.0. The van der Waals surface area contributed by atoms with Crippen molar-refractivity contribution in [1.82, 2.24) is 29.8 Å². The molecule has 0 unspecified atom stereocenters. The fourth-order valence-corrected chi connectivity index (χ4v) is 9.16. The molecule has 7 rings (SSSR count). The summed E-state index contributed by atoms with van der Waals surface area (Å²) in [5.41, 5.74) is 0.0155. The van der Waals surface area contributed by atoms with E-state index in [1.54, 1.807) is 29.2 Å². The molecule has 2 atom stereocenters. The molecule has 4 bridgehead atoms. The molecule has 4 amide bonds. The lowest BCUT2D eigenvalue weighted by atomic mass is 9.82. The van der Waals surface area contributed by atoms with E-state index in [-0.39, 0.29) is 59.0 Å². The van der Waals surface area contributed by atoms with Crippen LogP contribution in [0.3, 0.4) is 0 Å². The first kappa shape index (κ1) is 35.8. The van der Waals surface area contributed by atoms with E-state index in [0.29, 0.717) is 65.1 Å². The minimum Gasteiger partial charge on any atom is -0.349 e. The van der Waals surface area contributed by atoms with Crippen LogP contribution < -0.4 is 5.32 Å². The standard InChI is InChI=1S/C36H54N6O6S/c1-35(2,3)22-31(43)38-18-13-36(14-19-38)23-32(44)41-21-20-40(24-26-7-9-28(10-8-26)49(4,47)48)30(25-41)34(46)39-16-11-27(12-17-39)42-15-5-6-29(42)33(45)37-36/h7-10,27,29-30H,5-6,11-25H2,1-4H3,(H,37,45)/t29-,30+/m0/s1. The topological polar surface area (TPSA) is 131 Å². The van der Waals surface area contributed by atoms with Gasteiger partial charge >= 0.3 is 0 Å². The van der Waals surface area contributed by atoms with Crippen LogP contribution in [-0.4, -0.2) is 139 Å². The van der Waals surface area contributed by atoms with Crippen molar-refractivity contribution in [1.29, 1.82) is 0 Å². The third-order valence-electron chi connectivity index (χ3n) is 11.3. The number of rotatable bonds is 4. The molecule has 12 nitrogen and oxygen atoms in total. The molecule has 6 aliphatic rings. The summed E-state index contributed by atoms with van der Waals surface area (Å²) in [6.45, 7) is 10.9. The van der Waals surface area contributed by atoms with E-state index in [2.05, 4.69) is 35.9 Å². The summed E-state index contributed by atoms with van der Waals surface area (Å²) in [6, 6.07) is 6.24. The molecule has 0 aromatic heterocycles. The van der Waals surface area contributed by atoms with Crippen LogP contribution in [0.1, 0.15) is 77.7 Å². The minimum atomic E-state index is -3.32. The lowest BCUT2D eigenvalue weighted by Gasteiger charge is -2.46. The van der Waals surface area contributed by atoms with Crippen LogP contribution >= 0.6 is 0 Å². The van der Waals surface area contributed by atoms with Crippen molar-refractivity contribution in [3.63, 3.8) is 0 Å². The second kappa shape index (κ2) is 13.9. The van der Waals surface area contributed by atoms with Crippen molar-refractivity contribution >= 4 is 33.5 Å². The predicted molar refractivity (Wildman–Crippen MR) is 185 cm³/mol. The van der Waals surface area contributed by atoms with Gasteiger partial charge < -0.3 is 20.0 Å². The number of piperazine rings is 1. The maximum Gasteiger partial charge on any atom is 0.241 e. The number of nitrogens with zero attached hydrogens (tertiary/aromatic N) is 5. The van der Waals surface area contributed by atoms with E-state index < -0.39 is 21.4 Å². The van der Waals surface area contributed by atoms with Gasteiger partial charge in [-0.2, -0.15) is 0 Å². The Morgan fingerprint density at radius 2 is 1.55 bits per heavy atom. The van der Waals surface area contributed by atoms with Gasteiger partial charge in [0.15, 0.2) is 9.84 Å². The Kier molecular flexibility index (Phi) is 10.2. The van der Waals surface area contributed by atoms with Crippen LogP contribution in [0, 0.1) is 5.41 Å². The van der Waals surface area contributed by atoms with E-state index in [1.165, 1.54) is 6.26 Å². The largest absolute Gasteiger partial charge is 0.349 e. The molecule has 13 heteroatoms. The van der Waals surface area contributed by atoms with Crippen molar-refractivity contribution in [3.8, 4) is 0 Å². The number of sulfone groups is 1. The average molecular weight is 699 g/mol. The number of likely N-dealkylation sites (tertiary alicyclic amines) is 1. The van der Waals surface area contributed by atoms with Crippen molar-refractivity contribution in [2.45, 2.75) is 107 Å². The molecule has 270 valence electrons. The number of fused-ring (bicyclic) bond motifs is 4. The molecule has 1 aromatic carbocycles. The summed E-state index contributed by atoms with van der Waals surface area (Å²) in [6.07, 6.45) is 6.10. The fourth-order valence-electron chi connectivity index (χ4n) is 8.52. The van der Waals surface area contributed by atoms with Crippen LogP contribution in [0.2, 0.25) is 0 Å². The first-order valence-corrected chi connectivity index (χ1v) is 20.0. The van der Waals surface area contributed by atoms with E-state index in [4.69, 9.17) is 0 Å². The maximum atomic E-state index is 14.3. The number of carbonyl (C=O) groups excluding carboxylic acids is 4. The van der Waals surface area contributed by atoms with Crippen LogP contribution in [0.25, 0.3) is 0 Å². The van der Waals surface area contributed by atoms with Crippen LogP contribution in [0.15, 0.2) is 29.2 Å². The molecule has 6 fully saturated rings. The van der Waals surface area contributed by atoms with Crippen LogP contribution in [-0.2, 0) is 35.6 Å². The molecular weight excluding hydrogens is 644 g/mol. The van der Waals surface area contributed by atoms with Crippen LogP contribution in [0.4, 0.5) is 0 Å². The Labute approximate surface area is 291 Å². The molecule has 0 saturated carbocycles. The van der Waals surface area contributed by atoms with Gasteiger partial charge in [-0.3, -0.25) is 29.0 Å². The highest BCUT2D eigenvalue weighted by molar-refractivity contribution is 7.90. The number of piperidine rings is 2. The van der Waals surface area contributed by atoms with Gasteiger partial charge in [-0.1, -0.05) is 32.9 Å². The molecule has 6 heterocycles. The number of hydrogen-bond acceptors (Lipinski definition) is 8. The van der Waals surface area contributed by atoms with E-state index in [9.17, 15) is 27.6 Å². The number of nitrogens with one attached hydrogen (secondary N) is 1. The monoisotopic (exact) mass is 698 g/mol. The van der Waals surface area contributed by atoms with E-state index >= 15 is 0 Å². The minimum absolute atomic E-state index is 0.0160. The summed E-state index contributed by atoms with van der Waals surface area (Å²) < 4.78 is 24.0. The third-order valence-corrected chi connectivity index (χ3v) is 12.5. The highest BCUT2D eigenvalue weighted by atomic mass is 32.2. The predicted octanol–water partition coefficient (Wildman–Crippen LogP) is 1.88. The second-order valence-electron chi connectivity index (χ2n) is 16.3. The first-order chi connectivity index (χ1) is 23.1. The number of carbonyl (C=O) groups is 4. The molecule has 49 heavy (non-hydrogen) atoms. The zero-order chi connectivity index (χ0) is 35.1. The zero-order valence-electron chi connectivity index (χ0n) is 29.7. The zero-order valence-corrected chi connectivity index (χ0v) is 30.5. The number of amides is 4. The lowest BCUT2D eigenvalue weighted by Crippen LogP contribution is -2.63. The quantitative estimate of drug-likeness (QED) is 0.505. The SMILES string of the molecule is CC(C)(C)CC(=O)N1CCC2(CC1)CC(=O)N1CCN(Cc3ccc(S(C)(=O)=O)cc3)[C@H](C1)C(=O)N1CCC(CC1)N1CCC[C@H]1C(=O)N2. The Hall–Kier alpha value is -3.03. The Bertz CT molecular complexity index is 1530. The fraction of sp³-hybridized carbons (Fsp3) is 0.722. The molecule has 6 aliphatic heterocycles. The highest BCUT2D eigenvalue weighted by Gasteiger charge is 2.46. The van der Waals surface area contributed by atoms with Crippen LogP contribution in [0.5, 0.6) is 0 Å². The molecule has 1 aromatic rings.